The quantitative estimate of drug-likeness (QED) is 0.845. The van der Waals surface area contributed by atoms with Gasteiger partial charge in [0, 0.05) is 18.3 Å². The van der Waals surface area contributed by atoms with Crippen molar-refractivity contribution in [3.8, 4) is 0 Å². The average Bonchev–Trinajstić information content (AvgIpc) is 3.33. The molecule has 5 heteroatoms. The maximum Gasteiger partial charge on any atom is 0.173 e. The van der Waals surface area contributed by atoms with Crippen molar-refractivity contribution < 1.29 is 8.78 Å². The molecule has 0 radical (unpaired) electrons. The van der Waals surface area contributed by atoms with E-state index < -0.39 is 0 Å². The summed E-state index contributed by atoms with van der Waals surface area (Å²) in [6.07, 6.45) is 2.21. The van der Waals surface area contributed by atoms with Crippen LogP contribution < -0.4 is 5.32 Å². The predicted molar refractivity (Wildman–Crippen MR) is 87.6 cm³/mol. The van der Waals surface area contributed by atoms with Crippen LogP contribution in [0, 0.1) is 11.6 Å². The van der Waals surface area contributed by atoms with E-state index in [1.807, 2.05) is 0 Å². The molecule has 0 spiro atoms. The third-order valence-corrected chi connectivity index (χ3v) is 3.95. The molecule has 1 aliphatic rings. The molecule has 2 aromatic rings. The van der Waals surface area contributed by atoms with Gasteiger partial charge in [-0.25, -0.2) is 8.78 Å². The molecule has 0 saturated heterocycles. The lowest BCUT2D eigenvalue weighted by molar-refractivity contribution is 0.409. The molecule has 1 saturated carbocycles. The summed E-state index contributed by atoms with van der Waals surface area (Å²) in [7, 11) is 0. The van der Waals surface area contributed by atoms with Crippen molar-refractivity contribution >= 4 is 23.0 Å². The Morgan fingerprint density at radius 2 is 1.55 bits per heavy atom. The zero-order valence-electron chi connectivity index (χ0n) is 11.9. The maximum atomic E-state index is 13.0. The Kier molecular flexibility index (Phi) is 4.34. The number of anilines is 1. The molecule has 0 heterocycles. The summed E-state index contributed by atoms with van der Waals surface area (Å²) in [6, 6.07) is 13.0. The molecule has 3 rings (SSSR count). The maximum absolute atomic E-state index is 13.0. The van der Waals surface area contributed by atoms with Crippen LogP contribution in [-0.4, -0.2) is 16.1 Å². The molecule has 1 N–H and O–H groups in total. The number of halogens is 2. The van der Waals surface area contributed by atoms with Crippen LogP contribution in [0.25, 0.3) is 0 Å². The fourth-order valence-corrected chi connectivity index (χ4v) is 2.60. The molecule has 22 heavy (non-hydrogen) atoms. The van der Waals surface area contributed by atoms with E-state index >= 15 is 0 Å². The number of hydrogen-bond acceptors (Lipinski definition) is 1. The summed E-state index contributed by atoms with van der Waals surface area (Å²) in [6.45, 7) is 0.637. The van der Waals surface area contributed by atoms with Gasteiger partial charge in [0.15, 0.2) is 5.11 Å². The van der Waals surface area contributed by atoms with Gasteiger partial charge in [-0.15, -0.1) is 0 Å². The van der Waals surface area contributed by atoms with Gasteiger partial charge in [0.25, 0.3) is 0 Å². The van der Waals surface area contributed by atoms with E-state index in [0.29, 0.717) is 17.7 Å². The van der Waals surface area contributed by atoms with Crippen molar-refractivity contribution in [2.24, 2.45) is 0 Å². The molecule has 1 aliphatic carbocycles. The Labute approximate surface area is 133 Å². The van der Waals surface area contributed by atoms with Crippen LogP contribution in [0.4, 0.5) is 14.5 Å². The second-order valence-electron chi connectivity index (χ2n) is 5.42. The van der Waals surface area contributed by atoms with Gasteiger partial charge in [-0.05, 0) is 67.0 Å². The Hall–Kier alpha value is -2.01. The highest BCUT2D eigenvalue weighted by atomic mass is 32.1. The summed E-state index contributed by atoms with van der Waals surface area (Å²) >= 11 is 5.48. The first-order valence-corrected chi connectivity index (χ1v) is 7.60. The molecule has 2 aromatic carbocycles. The lowest BCUT2D eigenvalue weighted by Gasteiger charge is -2.26. The van der Waals surface area contributed by atoms with Crippen molar-refractivity contribution in [2.45, 2.75) is 25.4 Å². The number of hydrogen-bond donors (Lipinski definition) is 1. The minimum absolute atomic E-state index is 0.242. The molecule has 114 valence electrons. The Bertz CT molecular complexity index is 651. The number of rotatable bonds is 4. The molecule has 0 amide bonds. The van der Waals surface area contributed by atoms with Crippen LogP contribution in [0.15, 0.2) is 48.5 Å². The van der Waals surface area contributed by atoms with E-state index in [0.717, 1.165) is 24.1 Å². The van der Waals surface area contributed by atoms with Crippen molar-refractivity contribution in [3.05, 3.63) is 65.7 Å². The molecule has 2 nitrogen and oxygen atoms in total. The number of thiocarbonyl (C=S) groups is 1. The summed E-state index contributed by atoms with van der Waals surface area (Å²) in [5.74, 6) is -0.518. The lowest BCUT2D eigenvalue weighted by atomic mass is 10.2. The monoisotopic (exact) mass is 318 g/mol. The zero-order chi connectivity index (χ0) is 15.5. The van der Waals surface area contributed by atoms with Gasteiger partial charge >= 0.3 is 0 Å². The summed E-state index contributed by atoms with van der Waals surface area (Å²) in [5, 5.41) is 3.75. The second-order valence-corrected chi connectivity index (χ2v) is 5.81. The zero-order valence-corrected chi connectivity index (χ0v) is 12.7. The van der Waals surface area contributed by atoms with E-state index in [1.54, 1.807) is 24.3 Å². The standard InChI is InChI=1S/C17H16F2N2S/c18-13-3-1-12(2-4-13)11-21(16-9-10-16)17(22)20-15-7-5-14(19)6-8-15/h1-8,16H,9-11H2,(H,20,22). The van der Waals surface area contributed by atoms with Crippen LogP contribution in [0.3, 0.4) is 0 Å². The summed E-state index contributed by atoms with van der Waals surface area (Å²) in [4.78, 5) is 2.10. The number of nitrogens with one attached hydrogen (secondary N) is 1. The third kappa shape index (κ3) is 3.80. The van der Waals surface area contributed by atoms with Crippen LogP contribution in [-0.2, 0) is 6.54 Å². The van der Waals surface area contributed by atoms with Gasteiger partial charge < -0.3 is 10.2 Å². The van der Waals surface area contributed by atoms with Crippen molar-refractivity contribution in [3.63, 3.8) is 0 Å². The van der Waals surface area contributed by atoms with E-state index in [4.69, 9.17) is 12.2 Å². The Balaban J connectivity index is 1.69. The second kappa shape index (κ2) is 6.40. The Morgan fingerprint density at radius 1 is 1.00 bits per heavy atom. The normalized spacial score (nSPS) is 13.7. The highest BCUT2D eigenvalue weighted by Gasteiger charge is 2.30. The molecular weight excluding hydrogens is 302 g/mol. The summed E-state index contributed by atoms with van der Waals surface area (Å²) in [5.41, 5.74) is 1.77. The van der Waals surface area contributed by atoms with Crippen molar-refractivity contribution in [1.82, 2.24) is 4.90 Å². The Morgan fingerprint density at radius 3 is 2.09 bits per heavy atom. The van der Waals surface area contributed by atoms with E-state index in [-0.39, 0.29) is 11.6 Å². The minimum atomic E-state index is -0.276. The molecular formula is C17H16F2N2S. The van der Waals surface area contributed by atoms with E-state index in [2.05, 4.69) is 10.2 Å². The van der Waals surface area contributed by atoms with Gasteiger partial charge in [0.2, 0.25) is 0 Å². The first kappa shape index (κ1) is 14.9. The fourth-order valence-electron chi connectivity index (χ4n) is 2.27. The highest BCUT2D eigenvalue weighted by molar-refractivity contribution is 7.80. The lowest BCUT2D eigenvalue weighted by Crippen LogP contribution is -2.36. The van der Waals surface area contributed by atoms with Gasteiger partial charge in [0.05, 0.1) is 0 Å². The fraction of sp³-hybridized carbons (Fsp3) is 0.235. The van der Waals surface area contributed by atoms with Crippen LogP contribution in [0.5, 0.6) is 0 Å². The van der Waals surface area contributed by atoms with Crippen molar-refractivity contribution in [1.29, 1.82) is 0 Å². The molecule has 0 bridgehead atoms. The topological polar surface area (TPSA) is 15.3 Å². The first-order valence-electron chi connectivity index (χ1n) is 7.19. The largest absolute Gasteiger partial charge is 0.342 e. The molecule has 0 atom stereocenters. The van der Waals surface area contributed by atoms with Gasteiger partial charge in [-0.3, -0.25) is 0 Å². The van der Waals surface area contributed by atoms with Crippen LogP contribution in [0.1, 0.15) is 18.4 Å². The predicted octanol–water partition coefficient (Wildman–Crippen LogP) is 4.33. The van der Waals surface area contributed by atoms with Gasteiger partial charge in [-0.1, -0.05) is 12.1 Å². The van der Waals surface area contributed by atoms with Crippen molar-refractivity contribution in [2.75, 3.05) is 5.32 Å². The number of nitrogens with zero attached hydrogens (tertiary/aromatic N) is 1. The number of benzene rings is 2. The molecule has 1 fully saturated rings. The minimum Gasteiger partial charge on any atom is -0.342 e. The van der Waals surface area contributed by atoms with Gasteiger partial charge in [0.1, 0.15) is 11.6 Å². The summed E-state index contributed by atoms with van der Waals surface area (Å²) < 4.78 is 25.9. The van der Waals surface area contributed by atoms with Gasteiger partial charge in [-0.2, -0.15) is 0 Å². The van der Waals surface area contributed by atoms with E-state index in [9.17, 15) is 8.78 Å². The van der Waals surface area contributed by atoms with Crippen LogP contribution >= 0.6 is 12.2 Å². The molecule has 0 aliphatic heterocycles. The first-order chi connectivity index (χ1) is 10.6. The third-order valence-electron chi connectivity index (χ3n) is 3.61. The molecule has 0 aromatic heterocycles. The highest BCUT2D eigenvalue weighted by Crippen LogP contribution is 2.29. The van der Waals surface area contributed by atoms with E-state index in [1.165, 1.54) is 24.3 Å². The average molecular weight is 318 g/mol. The molecule has 0 unspecified atom stereocenters. The SMILES string of the molecule is Fc1ccc(CN(C(=S)Nc2ccc(F)cc2)C2CC2)cc1. The van der Waals surface area contributed by atoms with Crippen LogP contribution in [0.2, 0.25) is 0 Å². The smallest absolute Gasteiger partial charge is 0.173 e.